The number of halogens is 1. The molecule has 10 heteroatoms. The molecule has 2 heterocycles. The van der Waals surface area contributed by atoms with Crippen molar-refractivity contribution in [2.24, 2.45) is 4.99 Å². The van der Waals surface area contributed by atoms with Crippen LogP contribution in [0.5, 0.6) is 0 Å². The molecule has 156 valence electrons. The van der Waals surface area contributed by atoms with Gasteiger partial charge in [-0.1, -0.05) is 6.07 Å². The van der Waals surface area contributed by atoms with Crippen LogP contribution in [0.1, 0.15) is 33.4 Å². The average molecular weight is 521 g/mol. The van der Waals surface area contributed by atoms with E-state index in [4.69, 9.17) is 9.15 Å². The summed E-state index contributed by atoms with van der Waals surface area (Å²) in [6.07, 6.45) is 1.18. The number of thiophene rings is 1. The molecule has 0 radical (unpaired) electrons. The normalized spacial score (nSPS) is 11.5. The molecule has 0 atom stereocenters. The van der Waals surface area contributed by atoms with Crippen LogP contribution in [0.15, 0.2) is 33.2 Å². The van der Waals surface area contributed by atoms with E-state index in [-0.39, 0.29) is 24.0 Å². The van der Waals surface area contributed by atoms with Gasteiger partial charge in [0.2, 0.25) is 5.89 Å². The molecule has 0 unspecified atom stereocenters. The minimum absolute atomic E-state index is 0. The van der Waals surface area contributed by atoms with Gasteiger partial charge in [0, 0.05) is 19.6 Å². The number of nitrogens with one attached hydrogen (secondary N) is 3. The number of ether oxygens (including phenoxy) is 1. The summed E-state index contributed by atoms with van der Waals surface area (Å²) >= 11 is 1.58. The number of hydrogen-bond donors (Lipinski definition) is 3. The maximum Gasteiger partial charge on any atom is 0.407 e. The number of aliphatic imine (C=N–C) groups is 1. The Morgan fingerprint density at radius 3 is 2.68 bits per heavy atom. The zero-order valence-electron chi connectivity index (χ0n) is 16.6. The van der Waals surface area contributed by atoms with E-state index in [2.05, 4.69) is 25.9 Å². The summed E-state index contributed by atoms with van der Waals surface area (Å²) in [5, 5.41) is 11.0. The van der Waals surface area contributed by atoms with Crippen LogP contribution < -0.4 is 16.0 Å². The van der Waals surface area contributed by atoms with E-state index in [1.54, 1.807) is 17.6 Å². The van der Waals surface area contributed by atoms with E-state index in [0.29, 0.717) is 31.5 Å². The Morgan fingerprint density at radius 1 is 1.29 bits per heavy atom. The van der Waals surface area contributed by atoms with E-state index < -0.39 is 11.7 Å². The quantitative estimate of drug-likeness (QED) is 0.223. The second-order valence-electron chi connectivity index (χ2n) is 6.67. The molecule has 0 saturated heterocycles. The Balaban J connectivity index is 0.00000392. The van der Waals surface area contributed by atoms with Gasteiger partial charge in [0.05, 0.1) is 11.4 Å². The maximum absolute atomic E-state index is 11.6. The Bertz CT molecular complexity index is 741. The molecular formula is C18H28IN5O3S. The number of guanidine groups is 1. The molecule has 0 bridgehead atoms. The fourth-order valence-corrected chi connectivity index (χ4v) is 2.71. The van der Waals surface area contributed by atoms with Gasteiger partial charge in [-0.15, -0.1) is 35.3 Å². The van der Waals surface area contributed by atoms with E-state index in [0.717, 1.165) is 17.1 Å². The lowest BCUT2D eigenvalue weighted by molar-refractivity contribution is 0.0529. The standard InChI is InChI=1S/C18H27N5O3S.HI/c1-5-19-16(20-8-9-21-17(24)26-18(2,3)4)22-11-13-12-25-15(23-13)14-7-6-10-27-14;/h6-7,10,12H,5,8-9,11H2,1-4H3,(H,21,24)(H2,19,20,22);1H. The summed E-state index contributed by atoms with van der Waals surface area (Å²) < 4.78 is 10.7. The highest BCUT2D eigenvalue weighted by Gasteiger charge is 2.15. The molecule has 0 saturated carbocycles. The fourth-order valence-electron chi connectivity index (χ4n) is 2.05. The highest BCUT2D eigenvalue weighted by Crippen LogP contribution is 2.23. The molecular weight excluding hydrogens is 493 g/mol. The van der Waals surface area contributed by atoms with Crippen LogP contribution in [-0.4, -0.2) is 42.3 Å². The molecule has 0 spiro atoms. The zero-order chi connectivity index (χ0) is 19.7. The molecule has 2 aromatic heterocycles. The molecule has 0 fully saturated rings. The van der Waals surface area contributed by atoms with Crippen molar-refractivity contribution in [3.8, 4) is 10.8 Å². The Morgan fingerprint density at radius 2 is 2.04 bits per heavy atom. The smallest absolute Gasteiger partial charge is 0.407 e. The van der Waals surface area contributed by atoms with Gasteiger partial charge in [-0.2, -0.15) is 0 Å². The number of amides is 1. The van der Waals surface area contributed by atoms with Gasteiger partial charge < -0.3 is 25.1 Å². The Labute approximate surface area is 186 Å². The van der Waals surface area contributed by atoms with Gasteiger partial charge >= 0.3 is 6.09 Å². The van der Waals surface area contributed by atoms with Gasteiger partial charge in [-0.25, -0.2) is 14.8 Å². The topological polar surface area (TPSA) is 101 Å². The number of aromatic nitrogens is 1. The number of nitrogens with zero attached hydrogens (tertiary/aromatic N) is 2. The first kappa shape index (κ1) is 24.2. The predicted molar refractivity (Wildman–Crippen MR) is 122 cm³/mol. The lowest BCUT2D eigenvalue weighted by atomic mass is 10.2. The fraction of sp³-hybridized carbons (Fsp3) is 0.500. The summed E-state index contributed by atoms with van der Waals surface area (Å²) in [4.78, 5) is 21.5. The van der Waals surface area contributed by atoms with Crippen molar-refractivity contribution in [2.45, 2.75) is 39.8 Å². The highest BCUT2D eigenvalue weighted by atomic mass is 127. The van der Waals surface area contributed by atoms with Crippen LogP contribution in [0.2, 0.25) is 0 Å². The lowest BCUT2D eigenvalue weighted by Gasteiger charge is -2.19. The summed E-state index contributed by atoms with van der Waals surface area (Å²) in [6.45, 7) is 9.53. The molecule has 2 rings (SSSR count). The third-order valence-electron chi connectivity index (χ3n) is 3.11. The number of hydrogen-bond acceptors (Lipinski definition) is 6. The van der Waals surface area contributed by atoms with E-state index in [1.165, 1.54) is 0 Å². The molecule has 1 amide bonds. The number of oxazole rings is 1. The van der Waals surface area contributed by atoms with Crippen molar-refractivity contribution in [1.29, 1.82) is 0 Å². The second kappa shape index (κ2) is 11.9. The average Bonchev–Trinajstić information content (AvgIpc) is 3.25. The molecule has 0 aliphatic carbocycles. The van der Waals surface area contributed by atoms with Crippen molar-refractivity contribution in [3.05, 3.63) is 29.5 Å². The first-order chi connectivity index (χ1) is 12.9. The molecule has 0 aromatic carbocycles. The third-order valence-corrected chi connectivity index (χ3v) is 3.97. The minimum Gasteiger partial charge on any atom is -0.444 e. The molecule has 0 aliphatic rings. The summed E-state index contributed by atoms with van der Waals surface area (Å²) in [7, 11) is 0. The summed E-state index contributed by atoms with van der Waals surface area (Å²) in [6, 6.07) is 3.92. The van der Waals surface area contributed by atoms with Crippen molar-refractivity contribution in [1.82, 2.24) is 20.9 Å². The van der Waals surface area contributed by atoms with Crippen LogP contribution in [0.3, 0.4) is 0 Å². The molecule has 0 aliphatic heterocycles. The monoisotopic (exact) mass is 521 g/mol. The number of carbonyl (C=O) groups is 1. The van der Waals surface area contributed by atoms with Gasteiger partial charge in [0.25, 0.3) is 0 Å². The van der Waals surface area contributed by atoms with Crippen molar-refractivity contribution < 1.29 is 13.9 Å². The Hall–Kier alpha value is -1.82. The van der Waals surface area contributed by atoms with E-state index in [9.17, 15) is 4.79 Å². The molecule has 3 N–H and O–H groups in total. The maximum atomic E-state index is 11.6. The summed E-state index contributed by atoms with van der Waals surface area (Å²) in [5.41, 5.74) is 0.246. The third kappa shape index (κ3) is 8.91. The van der Waals surface area contributed by atoms with Crippen LogP contribution in [-0.2, 0) is 11.3 Å². The van der Waals surface area contributed by atoms with E-state index in [1.807, 2.05) is 45.2 Å². The van der Waals surface area contributed by atoms with Gasteiger partial charge in [0.1, 0.15) is 17.6 Å². The van der Waals surface area contributed by atoms with Crippen LogP contribution in [0.25, 0.3) is 10.8 Å². The second-order valence-corrected chi connectivity index (χ2v) is 7.62. The zero-order valence-corrected chi connectivity index (χ0v) is 19.7. The largest absolute Gasteiger partial charge is 0.444 e. The number of alkyl carbamates (subject to hydrolysis) is 1. The van der Waals surface area contributed by atoms with Gasteiger partial charge in [-0.3, -0.25) is 0 Å². The minimum atomic E-state index is -0.506. The SMILES string of the molecule is CCNC(=NCc1coc(-c2cccs2)n1)NCCNC(=O)OC(C)(C)C.I. The lowest BCUT2D eigenvalue weighted by Crippen LogP contribution is -2.42. The number of rotatable bonds is 7. The van der Waals surface area contributed by atoms with Crippen LogP contribution in [0, 0.1) is 0 Å². The van der Waals surface area contributed by atoms with E-state index >= 15 is 0 Å². The summed E-state index contributed by atoms with van der Waals surface area (Å²) in [5.74, 6) is 1.25. The van der Waals surface area contributed by atoms with Crippen LogP contribution in [0.4, 0.5) is 4.79 Å². The predicted octanol–water partition coefficient (Wildman–Crippen LogP) is 3.60. The molecule has 28 heavy (non-hydrogen) atoms. The molecule has 2 aromatic rings. The number of carbonyl (C=O) groups excluding carboxylic acids is 1. The van der Waals surface area contributed by atoms with Crippen molar-refractivity contribution in [3.63, 3.8) is 0 Å². The highest BCUT2D eigenvalue weighted by molar-refractivity contribution is 14.0. The Kier molecular flexibility index (Phi) is 10.3. The first-order valence-corrected chi connectivity index (χ1v) is 9.72. The first-order valence-electron chi connectivity index (χ1n) is 8.84. The van der Waals surface area contributed by atoms with Crippen molar-refractivity contribution in [2.75, 3.05) is 19.6 Å². The van der Waals surface area contributed by atoms with Gasteiger partial charge in [0.15, 0.2) is 5.96 Å². The molecule has 8 nitrogen and oxygen atoms in total. The van der Waals surface area contributed by atoms with Gasteiger partial charge in [-0.05, 0) is 39.1 Å². The van der Waals surface area contributed by atoms with Crippen molar-refractivity contribution >= 4 is 47.4 Å². The van der Waals surface area contributed by atoms with Crippen LogP contribution >= 0.6 is 35.3 Å².